The third kappa shape index (κ3) is 6.10. The number of anilines is 1. The van der Waals surface area contributed by atoms with Crippen molar-refractivity contribution in [1.29, 1.82) is 0 Å². The number of rotatable bonds is 8. The van der Waals surface area contributed by atoms with Gasteiger partial charge in [0.1, 0.15) is 0 Å². The lowest BCUT2D eigenvalue weighted by atomic mass is 10.0. The molecule has 39 heavy (non-hydrogen) atoms. The number of amides is 1. The zero-order valence-electron chi connectivity index (χ0n) is 22.5. The molecule has 0 aliphatic carbocycles. The molecule has 2 fully saturated rings. The fourth-order valence-corrected chi connectivity index (χ4v) is 8.57. The Labute approximate surface area is 240 Å². The molecular weight excluding hydrogens is 554 g/mol. The molecule has 3 heterocycles. The van der Waals surface area contributed by atoms with Crippen molar-refractivity contribution in [3.63, 3.8) is 0 Å². The van der Waals surface area contributed by atoms with Crippen LogP contribution < -0.4 is 10.2 Å². The minimum atomic E-state index is -3.55. The average molecular weight is 590 g/mol. The van der Waals surface area contributed by atoms with Crippen LogP contribution in [0.3, 0.4) is 0 Å². The second-order valence-electron chi connectivity index (χ2n) is 10.3. The number of carbonyl (C=O) groups excluding carboxylic acids is 1. The van der Waals surface area contributed by atoms with Crippen molar-refractivity contribution in [2.45, 2.75) is 50.5 Å². The van der Waals surface area contributed by atoms with Crippen molar-refractivity contribution in [2.24, 2.45) is 0 Å². The van der Waals surface area contributed by atoms with Crippen molar-refractivity contribution in [2.75, 3.05) is 50.7 Å². The number of piperidine rings is 1. The van der Waals surface area contributed by atoms with E-state index >= 15 is 0 Å². The molecule has 1 amide bonds. The molecule has 3 aromatic rings. The van der Waals surface area contributed by atoms with Gasteiger partial charge >= 0.3 is 0 Å². The molecule has 11 heteroatoms. The summed E-state index contributed by atoms with van der Waals surface area (Å²) >= 11 is 8.03. The third-order valence-electron chi connectivity index (χ3n) is 7.81. The normalized spacial score (nSPS) is 19.5. The summed E-state index contributed by atoms with van der Waals surface area (Å²) in [5.41, 5.74) is 2.58. The number of carbonyl (C=O) groups is 1. The zero-order chi connectivity index (χ0) is 27.6. The molecule has 2 aliphatic rings. The molecule has 2 aromatic carbocycles. The monoisotopic (exact) mass is 589 g/mol. The van der Waals surface area contributed by atoms with E-state index in [0.717, 1.165) is 84.3 Å². The molecular formula is C28H36ClN5O3S2. The van der Waals surface area contributed by atoms with E-state index in [-0.39, 0.29) is 16.8 Å². The summed E-state index contributed by atoms with van der Waals surface area (Å²) in [6, 6.07) is 10.3. The van der Waals surface area contributed by atoms with Crippen LogP contribution in [0, 0.1) is 6.92 Å². The van der Waals surface area contributed by atoms with Gasteiger partial charge in [-0.3, -0.25) is 9.69 Å². The Morgan fingerprint density at radius 1 is 1.08 bits per heavy atom. The predicted molar refractivity (Wildman–Crippen MR) is 159 cm³/mol. The number of aryl methyl sites for hydroxylation is 1. The number of halogens is 1. The van der Waals surface area contributed by atoms with Crippen LogP contribution in [0.1, 0.15) is 48.5 Å². The minimum Gasteiger partial charge on any atom is -0.351 e. The second-order valence-corrected chi connectivity index (χ2v) is 13.6. The van der Waals surface area contributed by atoms with E-state index in [1.807, 2.05) is 19.1 Å². The number of sulfonamides is 1. The van der Waals surface area contributed by atoms with Gasteiger partial charge < -0.3 is 10.2 Å². The van der Waals surface area contributed by atoms with Crippen molar-refractivity contribution in [3.8, 4) is 0 Å². The maximum Gasteiger partial charge on any atom is 0.251 e. The van der Waals surface area contributed by atoms with Crippen molar-refractivity contribution in [1.82, 2.24) is 19.5 Å². The number of nitrogens with zero attached hydrogens (tertiary/aromatic N) is 4. The highest BCUT2D eigenvalue weighted by Crippen LogP contribution is 2.36. The van der Waals surface area contributed by atoms with Gasteiger partial charge in [0, 0.05) is 57.4 Å². The van der Waals surface area contributed by atoms with Crippen molar-refractivity contribution in [3.05, 3.63) is 52.5 Å². The van der Waals surface area contributed by atoms with Crippen LogP contribution in [0.4, 0.5) is 5.13 Å². The number of hydrogen-bond acceptors (Lipinski definition) is 7. The lowest BCUT2D eigenvalue weighted by molar-refractivity contribution is 0.0947. The number of benzene rings is 2. The molecule has 0 bridgehead atoms. The predicted octanol–water partition coefficient (Wildman–Crippen LogP) is 4.76. The first kappa shape index (κ1) is 28.3. The number of thiazole rings is 1. The molecule has 210 valence electrons. The van der Waals surface area contributed by atoms with Gasteiger partial charge in [-0.25, -0.2) is 13.4 Å². The smallest absolute Gasteiger partial charge is 0.251 e. The maximum absolute atomic E-state index is 13.2. The fourth-order valence-electron chi connectivity index (χ4n) is 5.43. The topological polar surface area (TPSA) is 85.8 Å². The van der Waals surface area contributed by atoms with E-state index < -0.39 is 10.0 Å². The zero-order valence-corrected chi connectivity index (χ0v) is 24.9. The molecule has 8 nitrogen and oxygen atoms in total. The average Bonchev–Trinajstić information content (AvgIpc) is 3.42. The Morgan fingerprint density at radius 2 is 1.82 bits per heavy atom. The Hall–Kier alpha value is -2.24. The Kier molecular flexibility index (Phi) is 8.78. The molecule has 2 aliphatic heterocycles. The minimum absolute atomic E-state index is 0.0532. The first-order valence-corrected chi connectivity index (χ1v) is 16.3. The number of aromatic nitrogens is 1. The second kappa shape index (κ2) is 12.1. The highest BCUT2D eigenvalue weighted by atomic mass is 35.5. The molecule has 1 N–H and O–H groups in total. The summed E-state index contributed by atoms with van der Waals surface area (Å²) in [5, 5.41) is 4.73. The van der Waals surface area contributed by atoms with Gasteiger partial charge in [0.15, 0.2) is 5.13 Å². The quantitative estimate of drug-likeness (QED) is 0.408. The maximum atomic E-state index is 13.2. The Balaban J connectivity index is 1.10. The van der Waals surface area contributed by atoms with Crippen LogP contribution in [-0.2, 0) is 10.0 Å². The van der Waals surface area contributed by atoms with Gasteiger partial charge in [-0.05, 0) is 62.1 Å². The Morgan fingerprint density at radius 3 is 2.51 bits per heavy atom. The van der Waals surface area contributed by atoms with Crippen LogP contribution >= 0.6 is 22.9 Å². The standard InChI is InChI=1S/C28H36ClN5O3S2/c1-3-22-6-4-5-14-34(22)39(36,37)23-10-8-21(9-11-23)27(35)30-13-15-32-16-18-33(19-17-32)28-31-25-20(2)7-12-24(29)26(25)38-28/h7-12,22H,3-6,13-19H2,1-2H3,(H,30,35). The lowest BCUT2D eigenvalue weighted by Crippen LogP contribution is -2.48. The molecule has 2 saturated heterocycles. The van der Waals surface area contributed by atoms with Crippen molar-refractivity contribution < 1.29 is 13.2 Å². The highest BCUT2D eigenvalue weighted by Gasteiger charge is 2.32. The highest BCUT2D eigenvalue weighted by molar-refractivity contribution is 7.89. The largest absolute Gasteiger partial charge is 0.351 e. The van der Waals surface area contributed by atoms with Gasteiger partial charge in [0.25, 0.3) is 5.91 Å². The molecule has 1 unspecified atom stereocenters. The van der Waals surface area contributed by atoms with Gasteiger partial charge in [0.2, 0.25) is 10.0 Å². The van der Waals surface area contributed by atoms with E-state index in [1.54, 1.807) is 39.9 Å². The van der Waals surface area contributed by atoms with E-state index in [4.69, 9.17) is 16.6 Å². The molecule has 0 saturated carbocycles. The summed E-state index contributed by atoms with van der Waals surface area (Å²) < 4.78 is 29.0. The fraction of sp³-hybridized carbons (Fsp3) is 0.500. The first-order chi connectivity index (χ1) is 18.8. The van der Waals surface area contributed by atoms with Crippen LogP contribution in [0.15, 0.2) is 41.3 Å². The van der Waals surface area contributed by atoms with Crippen LogP contribution in [-0.4, -0.2) is 80.4 Å². The number of fused-ring (bicyclic) bond motifs is 1. The molecule has 5 rings (SSSR count). The number of nitrogens with one attached hydrogen (secondary N) is 1. The van der Waals surface area contributed by atoms with Gasteiger partial charge in [0.05, 0.1) is 20.1 Å². The first-order valence-electron chi connectivity index (χ1n) is 13.7. The molecule has 1 aromatic heterocycles. The number of piperazine rings is 1. The van der Waals surface area contributed by atoms with Gasteiger partial charge in [-0.15, -0.1) is 0 Å². The Bertz CT molecular complexity index is 1380. The van der Waals surface area contributed by atoms with E-state index in [9.17, 15) is 13.2 Å². The molecule has 0 radical (unpaired) electrons. The summed E-state index contributed by atoms with van der Waals surface area (Å²) in [6.07, 6.45) is 3.67. The summed E-state index contributed by atoms with van der Waals surface area (Å²) in [7, 11) is -3.55. The summed E-state index contributed by atoms with van der Waals surface area (Å²) in [5.74, 6) is -0.191. The van der Waals surface area contributed by atoms with Crippen LogP contribution in [0.25, 0.3) is 10.2 Å². The third-order valence-corrected chi connectivity index (χ3v) is 11.4. The summed E-state index contributed by atoms with van der Waals surface area (Å²) in [6.45, 7) is 9.46. The van der Waals surface area contributed by atoms with Crippen LogP contribution in [0.2, 0.25) is 5.02 Å². The molecule has 0 spiro atoms. The van der Waals surface area contributed by atoms with Gasteiger partial charge in [-0.2, -0.15) is 4.31 Å². The summed E-state index contributed by atoms with van der Waals surface area (Å²) in [4.78, 5) is 22.4. The van der Waals surface area contributed by atoms with E-state index in [0.29, 0.717) is 18.7 Å². The van der Waals surface area contributed by atoms with Gasteiger partial charge in [-0.1, -0.05) is 42.3 Å². The lowest BCUT2D eigenvalue weighted by Gasteiger charge is -2.34. The van der Waals surface area contributed by atoms with E-state index in [2.05, 4.69) is 22.0 Å². The van der Waals surface area contributed by atoms with E-state index in [1.165, 1.54) is 0 Å². The van der Waals surface area contributed by atoms with Crippen LogP contribution in [0.5, 0.6) is 0 Å². The van der Waals surface area contributed by atoms with Crippen molar-refractivity contribution >= 4 is 54.2 Å². The SMILES string of the molecule is CCC1CCCCN1S(=O)(=O)c1ccc(C(=O)NCCN2CCN(c3nc4c(C)ccc(Cl)c4s3)CC2)cc1. The number of hydrogen-bond donors (Lipinski definition) is 1. The molecule has 1 atom stereocenters.